The smallest absolute Gasteiger partial charge is 0.138 e. The van der Waals surface area contributed by atoms with E-state index in [-0.39, 0.29) is 0 Å². The molecule has 0 atom stereocenters. The molecule has 2 heterocycles. The Labute approximate surface area is 125 Å². The molecule has 0 bridgehead atoms. The number of pyridine rings is 1. The van der Waals surface area contributed by atoms with Crippen molar-refractivity contribution in [3.63, 3.8) is 0 Å². The van der Waals surface area contributed by atoms with Crippen LogP contribution in [-0.2, 0) is 13.0 Å². The third-order valence-corrected chi connectivity index (χ3v) is 3.70. The van der Waals surface area contributed by atoms with Crippen molar-refractivity contribution in [2.24, 2.45) is 0 Å². The first kappa shape index (κ1) is 13.7. The van der Waals surface area contributed by atoms with Crippen LogP contribution in [0.4, 0.5) is 5.82 Å². The molecule has 3 nitrogen and oxygen atoms in total. The lowest BCUT2D eigenvalue weighted by Crippen LogP contribution is -2.05. The zero-order valence-corrected chi connectivity index (χ0v) is 12.6. The Bertz CT molecular complexity index is 729. The van der Waals surface area contributed by atoms with Crippen molar-refractivity contribution in [1.29, 1.82) is 0 Å². The Balaban J connectivity index is 1.97. The fraction of sp³-hybridized carbons (Fsp3) is 0.278. The van der Waals surface area contributed by atoms with Crippen LogP contribution in [0.25, 0.3) is 5.65 Å². The first-order valence-electron chi connectivity index (χ1n) is 7.54. The van der Waals surface area contributed by atoms with Crippen LogP contribution < -0.4 is 5.32 Å². The van der Waals surface area contributed by atoms with Gasteiger partial charge in [-0.3, -0.25) is 4.40 Å². The molecule has 0 saturated heterocycles. The zero-order chi connectivity index (χ0) is 14.7. The number of nitrogens with zero attached hydrogens (tertiary/aromatic N) is 2. The predicted molar refractivity (Wildman–Crippen MR) is 87.7 cm³/mol. The molecule has 3 heteroatoms. The summed E-state index contributed by atoms with van der Waals surface area (Å²) in [6.07, 6.45) is 2.10. The molecule has 0 unspecified atom stereocenters. The first-order valence-corrected chi connectivity index (χ1v) is 7.54. The van der Waals surface area contributed by atoms with Gasteiger partial charge in [0.25, 0.3) is 0 Å². The third-order valence-electron chi connectivity index (χ3n) is 3.70. The highest BCUT2D eigenvalue weighted by Gasteiger charge is 2.12. The number of hydrogen-bond donors (Lipinski definition) is 1. The molecular formula is C18H21N3. The van der Waals surface area contributed by atoms with Crippen LogP contribution >= 0.6 is 0 Å². The van der Waals surface area contributed by atoms with E-state index in [1.165, 1.54) is 11.3 Å². The lowest BCUT2D eigenvalue weighted by atomic mass is 10.2. The molecule has 0 amide bonds. The van der Waals surface area contributed by atoms with E-state index < -0.39 is 0 Å². The fourth-order valence-corrected chi connectivity index (χ4v) is 2.68. The number of fused-ring (bicyclic) bond motifs is 1. The molecule has 21 heavy (non-hydrogen) atoms. The SMILES string of the molecule is CCCc1nc2cccc(C)n2c1NCc1ccccc1. The molecule has 1 N–H and O–H groups in total. The minimum absolute atomic E-state index is 0.819. The number of nitrogens with one attached hydrogen (secondary N) is 1. The zero-order valence-electron chi connectivity index (χ0n) is 12.6. The van der Waals surface area contributed by atoms with Gasteiger partial charge in [-0.25, -0.2) is 4.98 Å². The van der Waals surface area contributed by atoms with Crippen LogP contribution in [0, 0.1) is 6.92 Å². The van der Waals surface area contributed by atoms with Crippen LogP contribution in [0.3, 0.4) is 0 Å². The Morgan fingerprint density at radius 2 is 1.86 bits per heavy atom. The van der Waals surface area contributed by atoms with Gasteiger partial charge in [0.15, 0.2) is 0 Å². The van der Waals surface area contributed by atoms with E-state index in [4.69, 9.17) is 4.98 Å². The van der Waals surface area contributed by atoms with Crippen molar-refractivity contribution in [3.05, 3.63) is 65.5 Å². The van der Waals surface area contributed by atoms with Gasteiger partial charge in [-0.2, -0.15) is 0 Å². The Morgan fingerprint density at radius 1 is 1.05 bits per heavy atom. The van der Waals surface area contributed by atoms with Crippen molar-refractivity contribution >= 4 is 11.5 Å². The first-order chi connectivity index (χ1) is 10.3. The molecule has 3 rings (SSSR count). The Hall–Kier alpha value is -2.29. The molecule has 1 aromatic carbocycles. The van der Waals surface area contributed by atoms with Crippen LogP contribution in [-0.4, -0.2) is 9.38 Å². The number of anilines is 1. The second kappa shape index (κ2) is 6.00. The quantitative estimate of drug-likeness (QED) is 0.758. The van der Waals surface area contributed by atoms with Gasteiger partial charge in [0.05, 0.1) is 5.69 Å². The van der Waals surface area contributed by atoms with Gasteiger partial charge >= 0.3 is 0 Å². The highest BCUT2D eigenvalue weighted by molar-refractivity contribution is 5.56. The van der Waals surface area contributed by atoms with Crippen molar-refractivity contribution < 1.29 is 0 Å². The van der Waals surface area contributed by atoms with Crippen molar-refractivity contribution in [2.45, 2.75) is 33.2 Å². The van der Waals surface area contributed by atoms with E-state index in [9.17, 15) is 0 Å². The third kappa shape index (κ3) is 2.77. The maximum absolute atomic E-state index is 4.78. The second-order valence-corrected chi connectivity index (χ2v) is 5.36. The highest BCUT2D eigenvalue weighted by Crippen LogP contribution is 2.22. The lowest BCUT2D eigenvalue weighted by Gasteiger charge is -2.10. The highest BCUT2D eigenvalue weighted by atomic mass is 15.1. The monoisotopic (exact) mass is 279 g/mol. The number of aryl methyl sites for hydroxylation is 2. The second-order valence-electron chi connectivity index (χ2n) is 5.36. The average molecular weight is 279 g/mol. The number of hydrogen-bond acceptors (Lipinski definition) is 2. The van der Waals surface area contributed by atoms with Gasteiger partial charge in [0.1, 0.15) is 11.5 Å². The molecule has 0 spiro atoms. The van der Waals surface area contributed by atoms with Crippen molar-refractivity contribution in [2.75, 3.05) is 5.32 Å². The summed E-state index contributed by atoms with van der Waals surface area (Å²) < 4.78 is 2.22. The lowest BCUT2D eigenvalue weighted by molar-refractivity contribution is 0.890. The van der Waals surface area contributed by atoms with E-state index in [2.05, 4.69) is 66.0 Å². The molecule has 0 radical (unpaired) electrons. The molecule has 0 aliphatic rings. The van der Waals surface area contributed by atoms with Gasteiger partial charge in [-0.15, -0.1) is 0 Å². The minimum atomic E-state index is 0.819. The van der Waals surface area contributed by atoms with Gasteiger partial charge in [-0.05, 0) is 31.0 Å². The molecule has 0 aliphatic heterocycles. The summed E-state index contributed by atoms with van der Waals surface area (Å²) in [7, 11) is 0. The summed E-state index contributed by atoms with van der Waals surface area (Å²) in [4.78, 5) is 4.78. The maximum atomic E-state index is 4.78. The summed E-state index contributed by atoms with van der Waals surface area (Å²) >= 11 is 0. The standard InChI is InChI=1S/C18H21N3/c1-3-8-16-18(19-13-15-10-5-4-6-11-15)21-14(2)9-7-12-17(21)20-16/h4-7,9-12,19H,3,8,13H2,1-2H3. The van der Waals surface area contributed by atoms with E-state index in [1.54, 1.807) is 0 Å². The molecule has 0 aliphatic carbocycles. The van der Waals surface area contributed by atoms with E-state index in [0.717, 1.165) is 36.5 Å². The minimum Gasteiger partial charge on any atom is -0.366 e. The topological polar surface area (TPSA) is 29.3 Å². The molecule has 2 aromatic heterocycles. The molecule has 0 fully saturated rings. The van der Waals surface area contributed by atoms with Crippen LogP contribution in [0.5, 0.6) is 0 Å². The summed E-state index contributed by atoms with van der Waals surface area (Å²) in [5, 5.41) is 3.58. The number of rotatable bonds is 5. The molecule has 108 valence electrons. The van der Waals surface area contributed by atoms with Crippen molar-refractivity contribution in [3.8, 4) is 0 Å². The van der Waals surface area contributed by atoms with Gasteiger partial charge in [0.2, 0.25) is 0 Å². The summed E-state index contributed by atoms with van der Waals surface area (Å²) in [6, 6.07) is 16.7. The normalized spacial score (nSPS) is 11.0. The number of imidazole rings is 1. The molecule has 3 aromatic rings. The van der Waals surface area contributed by atoms with E-state index in [0.29, 0.717) is 0 Å². The Morgan fingerprint density at radius 3 is 2.62 bits per heavy atom. The van der Waals surface area contributed by atoms with Crippen LogP contribution in [0.1, 0.15) is 30.3 Å². The van der Waals surface area contributed by atoms with Gasteiger partial charge < -0.3 is 5.32 Å². The number of aromatic nitrogens is 2. The fourth-order valence-electron chi connectivity index (χ4n) is 2.68. The van der Waals surface area contributed by atoms with Crippen LogP contribution in [0.15, 0.2) is 48.5 Å². The summed E-state index contributed by atoms with van der Waals surface area (Å²) in [5.74, 6) is 1.13. The van der Waals surface area contributed by atoms with Gasteiger partial charge in [0, 0.05) is 12.2 Å². The van der Waals surface area contributed by atoms with Crippen LogP contribution in [0.2, 0.25) is 0 Å². The average Bonchev–Trinajstić information content (AvgIpc) is 2.85. The molecule has 0 saturated carbocycles. The maximum Gasteiger partial charge on any atom is 0.138 e. The largest absolute Gasteiger partial charge is 0.366 e. The van der Waals surface area contributed by atoms with Gasteiger partial charge in [-0.1, -0.05) is 49.7 Å². The van der Waals surface area contributed by atoms with E-state index in [1.807, 2.05) is 6.07 Å². The summed E-state index contributed by atoms with van der Waals surface area (Å²) in [5.41, 5.74) is 4.66. The molecular weight excluding hydrogens is 258 g/mol. The van der Waals surface area contributed by atoms with E-state index >= 15 is 0 Å². The summed E-state index contributed by atoms with van der Waals surface area (Å²) in [6.45, 7) is 5.13. The number of benzene rings is 1. The van der Waals surface area contributed by atoms with Crippen molar-refractivity contribution in [1.82, 2.24) is 9.38 Å². The Kier molecular flexibility index (Phi) is 3.91. The predicted octanol–water partition coefficient (Wildman–Crippen LogP) is 4.21.